The predicted molar refractivity (Wildman–Crippen MR) is 94.1 cm³/mol. The summed E-state index contributed by atoms with van der Waals surface area (Å²) >= 11 is 0. The first kappa shape index (κ1) is 18.0. The zero-order valence-electron chi connectivity index (χ0n) is 15.4. The summed E-state index contributed by atoms with van der Waals surface area (Å²) in [5.74, 6) is 1.19. The second-order valence-corrected chi connectivity index (χ2v) is 6.75. The zero-order chi connectivity index (χ0) is 18.0. The summed E-state index contributed by atoms with van der Waals surface area (Å²) in [5.41, 5.74) is 0. The van der Waals surface area contributed by atoms with E-state index < -0.39 is 6.04 Å². The summed E-state index contributed by atoms with van der Waals surface area (Å²) in [5, 5.41) is 0. The molecule has 3 aliphatic heterocycles. The predicted octanol–water partition coefficient (Wildman–Crippen LogP) is 0.224. The number of carbonyl (C=O) groups excluding carboxylic acids is 2. The molecule has 2 fully saturated rings. The molecule has 3 amide bonds. The summed E-state index contributed by atoms with van der Waals surface area (Å²) < 4.78 is 7.51. The van der Waals surface area contributed by atoms with Crippen molar-refractivity contribution in [2.24, 2.45) is 4.99 Å². The highest BCUT2D eigenvalue weighted by Crippen LogP contribution is 2.20. The molecule has 2 saturated heterocycles. The maximum Gasteiger partial charge on any atom is 0.333 e. The number of ether oxygens (including phenoxy) is 1. The first-order valence-corrected chi connectivity index (χ1v) is 9.11. The van der Waals surface area contributed by atoms with Crippen molar-refractivity contribution in [3.8, 4) is 0 Å². The molecule has 0 aromatic carbocycles. The third kappa shape index (κ3) is 3.46. The van der Waals surface area contributed by atoms with E-state index in [1.807, 2.05) is 11.5 Å². The van der Waals surface area contributed by atoms with Crippen LogP contribution in [0.3, 0.4) is 0 Å². The monoisotopic (exact) mass is 350 g/mol. The highest BCUT2D eigenvalue weighted by atomic mass is 16.5. The third-order valence-electron chi connectivity index (χ3n) is 5.11. The number of amides is 3. The Morgan fingerprint density at radius 3 is 2.56 bits per heavy atom. The van der Waals surface area contributed by atoms with Crippen LogP contribution in [0.25, 0.3) is 0 Å². The maximum absolute atomic E-state index is 12.7. The second-order valence-electron chi connectivity index (χ2n) is 6.75. The van der Waals surface area contributed by atoms with Gasteiger partial charge in [0, 0.05) is 20.7 Å². The van der Waals surface area contributed by atoms with Crippen molar-refractivity contribution in [1.82, 2.24) is 14.7 Å². The van der Waals surface area contributed by atoms with Crippen molar-refractivity contribution < 1.29 is 18.9 Å². The van der Waals surface area contributed by atoms with E-state index in [4.69, 9.17) is 9.73 Å². The van der Waals surface area contributed by atoms with Crippen LogP contribution >= 0.6 is 0 Å². The van der Waals surface area contributed by atoms with E-state index in [9.17, 15) is 9.59 Å². The molecule has 3 heterocycles. The van der Waals surface area contributed by atoms with Crippen LogP contribution < -0.4 is 0 Å². The average molecular weight is 350 g/mol. The molecule has 0 aromatic rings. The van der Waals surface area contributed by atoms with Gasteiger partial charge in [-0.1, -0.05) is 6.42 Å². The van der Waals surface area contributed by atoms with Crippen LogP contribution in [0.15, 0.2) is 4.99 Å². The van der Waals surface area contributed by atoms with Gasteiger partial charge >= 0.3 is 11.9 Å². The fourth-order valence-electron chi connectivity index (χ4n) is 3.66. The van der Waals surface area contributed by atoms with E-state index in [0.717, 1.165) is 18.9 Å². The van der Waals surface area contributed by atoms with Gasteiger partial charge in [0.1, 0.15) is 13.1 Å². The molecule has 3 rings (SSSR count). The lowest BCUT2D eigenvalue weighted by Crippen LogP contribution is -2.61. The SMILES string of the molecule is CCOCC[N+]1=C(CN2CCCCC2)N=C2C1C(=O)N(C)C(=O)N2C. The van der Waals surface area contributed by atoms with Gasteiger partial charge < -0.3 is 4.74 Å². The number of nitrogens with zero attached hydrogens (tertiary/aromatic N) is 5. The number of rotatable bonds is 6. The molecule has 0 aromatic heterocycles. The molecule has 138 valence electrons. The topological polar surface area (TPSA) is 68.5 Å². The number of urea groups is 1. The van der Waals surface area contributed by atoms with Gasteiger partial charge in [0.15, 0.2) is 0 Å². The van der Waals surface area contributed by atoms with Gasteiger partial charge in [0.2, 0.25) is 0 Å². The van der Waals surface area contributed by atoms with E-state index in [1.54, 1.807) is 7.05 Å². The molecule has 0 radical (unpaired) electrons. The van der Waals surface area contributed by atoms with Gasteiger partial charge in [-0.25, -0.2) is 9.37 Å². The van der Waals surface area contributed by atoms with Crippen LogP contribution in [0.5, 0.6) is 0 Å². The molecular weight excluding hydrogens is 322 g/mol. The van der Waals surface area contributed by atoms with E-state index in [-0.39, 0.29) is 11.9 Å². The maximum atomic E-state index is 12.7. The average Bonchev–Trinajstić information content (AvgIpc) is 2.98. The molecule has 25 heavy (non-hydrogen) atoms. The molecular formula is C17H28N5O3+. The highest BCUT2D eigenvalue weighted by molar-refractivity contribution is 6.23. The Bertz CT molecular complexity index is 609. The highest BCUT2D eigenvalue weighted by Gasteiger charge is 2.52. The third-order valence-corrected chi connectivity index (χ3v) is 5.11. The normalized spacial score (nSPS) is 24.9. The van der Waals surface area contributed by atoms with Crippen LogP contribution in [0, 0.1) is 0 Å². The fraction of sp³-hybridized carbons (Fsp3) is 0.765. The number of likely N-dealkylation sites (tertiary alicyclic amines) is 1. The van der Waals surface area contributed by atoms with Crippen molar-refractivity contribution in [3.05, 3.63) is 0 Å². The van der Waals surface area contributed by atoms with E-state index in [2.05, 4.69) is 4.90 Å². The molecule has 3 aliphatic rings. The number of likely N-dealkylation sites (N-methyl/N-ethyl adjacent to an activating group) is 2. The smallest absolute Gasteiger partial charge is 0.333 e. The Morgan fingerprint density at radius 1 is 1.16 bits per heavy atom. The Morgan fingerprint density at radius 2 is 1.88 bits per heavy atom. The number of hydrogen-bond donors (Lipinski definition) is 0. The minimum atomic E-state index is -0.520. The van der Waals surface area contributed by atoms with Crippen molar-refractivity contribution in [3.63, 3.8) is 0 Å². The van der Waals surface area contributed by atoms with E-state index in [1.165, 1.54) is 36.1 Å². The van der Waals surface area contributed by atoms with Gasteiger partial charge in [-0.3, -0.25) is 19.5 Å². The summed E-state index contributed by atoms with van der Waals surface area (Å²) in [4.78, 5) is 34.7. The molecule has 0 saturated carbocycles. The van der Waals surface area contributed by atoms with Crippen molar-refractivity contribution in [1.29, 1.82) is 0 Å². The van der Waals surface area contributed by atoms with Crippen LogP contribution in [-0.2, 0) is 9.53 Å². The molecule has 0 spiro atoms. The number of carbonyl (C=O) groups is 2. The summed E-state index contributed by atoms with van der Waals surface area (Å²) in [7, 11) is 3.21. The number of amidine groups is 2. The standard InChI is InChI=1S/C17H28N5O3/c1-4-25-11-10-22-13(12-21-8-6-5-7-9-21)18-15-14(22)16(23)20(3)17(24)19(15)2/h14H,4-12H2,1-3H3/q+1. The fourth-order valence-corrected chi connectivity index (χ4v) is 3.66. The van der Waals surface area contributed by atoms with Gasteiger partial charge in [0.05, 0.1) is 6.61 Å². The largest absolute Gasteiger partial charge is 0.378 e. The molecule has 0 N–H and O–H groups in total. The van der Waals surface area contributed by atoms with Gasteiger partial charge in [-0.2, -0.15) is 0 Å². The second kappa shape index (κ2) is 7.61. The van der Waals surface area contributed by atoms with Crippen LogP contribution in [0.2, 0.25) is 0 Å². The molecule has 0 bridgehead atoms. The molecule has 8 heteroatoms. The molecule has 8 nitrogen and oxygen atoms in total. The Labute approximate surface area is 148 Å². The number of imide groups is 1. The van der Waals surface area contributed by atoms with Crippen molar-refractivity contribution >= 4 is 23.6 Å². The Kier molecular flexibility index (Phi) is 5.48. The molecule has 1 atom stereocenters. The van der Waals surface area contributed by atoms with Crippen LogP contribution in [0.1, 0.15) is 26.2 Å². The van der Waals surface area contributed by atoms with Crippen molar-refractivity contribution in [2.75, 3.05) is 53.5 Å². The molecule has 1 unspecified atom stereocenters. The Hall–Kier alpha value is -1.80. The van der Waals surface area contributed by atoms with Gasteiger partial charge in [0.25, 0.3) is 17.8 Å². The van der Waals surface area contributed by atoms with Crippen molar-refractivity contribution in [2.45, 2.75) is 32.2 Å². The van der Waals surface area contributed by atoms with E-state index >= 15 is 0 Å². The van der Waals surface area contributed by atoms with Crippen LogP contribution in [-0.4, -0.2) is 102 Å². The Balaban J connectivity index is 1.87. The summed E-state index contributed by atoms with van der Waals surface area (Å²) in [6, 6.07) is -0.850. The lowest BCUT2D eigenvalue weighted by atomic mass is 10.1. The van der Waals surface area contributed by atoms with Crippen LogP contribution in [0.4, 0.5) is 4.79 Å². The minimum absolute atomic E-state index is 0.216. The number of piperidine rings is 1. The summed E-state index contributed by atoms with van der Waals surface area (Å²) in [6.07, 6.45) is 3.68. The minimum Gasteiger partial charge on any atom is -0.378 e. The lowest BCUT2D eigenvalue weighted by molar-refractivity contribution is -0.539. The lowest BCUT2D eigenvalue weighted by Gasteiger charge is -2.30. The molecule has 0 aliphatic carbocycles. The first-order valence-electron chi connectivity index (χ1n) is 9.11. The van der Waals surface area contributed by atoms with Gasteiger partial charge in [-0.15, -0.1) is 0 Å². The quantitative estimate of drug-likeness (QED) is 0.508. The number of fused-ring (bicyclic) bond motifs is 1. The number of hydrogen-bond acceptors (Lipinski definition) is 5. The number of aliphatic imine (C=N–C) groups is 1. The van der Waals surface area contributed by atoms with E-state index in [0.29, 0.717) is 32.1 Å². The first-order chi connectivity index (χ1) is 12.0. The van der Waals surface area contributed by atoms with Gasteiger partial charge in [-0.05, 0) is 37.8 Å². The zero-order valence-corrected chi connectivity index (χ0v) is 15.4. The summed E-state index contributed by atoms with van der Waals surface area (Å²) in [6.45, 7) is 6.55.